The van der Waals surface area contributed by atoms with E-state index in [1.165, 1.54) is 37.5 Å². The van der Waals surface area contributed by atoms with Gasteiger partial charge in [-0.3, -0.25) is 4.79 Å². The Hall–Kier alpha value is -4.07. The van der Waals surface area contributed by atoms with Crippen molar-refractivity contribution in [3.8, 4) is 11.5 Å². The van der Waals surface area contributed by atoms with Crippen LogP contribution in [0.5, 0.6) is 11.5 Å². The Morgan fingerprint density at radius 1 is 0.938 bits per heavy atom. The predicted molar refractivity (Wildman–Crippen MR) is 113 cm³/mol. The van der Waals surface area contributed by atoms with Gasteiger partial charge in [0.15, 0.2) is 5.75 Å². The number of hydrogen-bond acceptors (Lipinski definition) is 4. The molecule has 0 atom stereocenters. The number of alkyl halides is 3. The molecule has 1 amide bonds. The van der Waals surface area contributed by atoms with Crippen LogP contribution in [0, 0.1) is 0 Å². The molecule has 32 heavy (non-hydrogen) atoms. The van der Waals surface area contributed by atoms with Gasteiger partial charge in [-0.15, -0.1) is 0 Å². The zero-order valence-corrected chi connectivity index (χ0v) is 16.8. The van der Waals surface area contributed by atoms with Crippen molar-refractivity contribution in [2.24, 2.45) is 0 Å². The average Bonchev–Trinajstić information content (AvgIpc) is 2.78. The molecule has 0 aliphatic heterocycles. The van der Waals surface area contributed by atoms with Gasteiger partial charge in [-0.1, -0.05) is 30.3 Å². The molecule has 0 saturated carbocycles. The summed E-state index contributed by atoms with van der Waals surface area (Å²) in [7, 11) is 1.28. The molecule has 3 rings (SSSR count). The van der Waals surface area contributed by atoms with Crippen molar-refractivity contribution in [1.82, 2.24) is 0 Å². The van der Waals surface area contributed by atoms with Crippen molar-refractivity contribution < 1.29 is 32.2 Å². The largest absolute Gasteiger partial charge is 0.465 e. The Balaban J connectivity index is 1.70. The highest BCUT2D eigenvalue weighted by molar-refractivity contribution is 6.02. The van der Waals surface area contributed by atoms with Crippen LogP contribution in [0.1, 0.15) is 21.5 Å². The molecule has 3 aromatic carbocycles. The summed E-state index contributed by atoms with van der Waals surface area (Å²) in [6.07, 6.45) is -1.81. The molecule has 0 fully saturated rings. The first-order valence-electron chi connectivity index (χ1n) is 9.38. The van der Waals surface area contributed by atoms with E-state index in [1.807, 2.05) is 0 Å². The lowest BCUT2D eigenvalue weighted by Gasteiger charge is -2.12. The van der Waals surface area contributed by atoms with Crippen molar-refractivity contribution >= 4 is 23.6 Å². The Morgan fingerprint density at radius 3 is 2.34 bits per heavy atom. The lowest BCUT2D eigenvalue weighted by Crippen LogP contribution is -2.08. The van der Waals surface area contributed by atoms with Gasteiger partial charge in [0.25, 0.3) is 0 Å². The van der Waals surface area contributed by atoms with E-state index in [2.05, 4.69) is 10.1 Å². The van der Waals surface area contributed by atoms with E-state index >= 15 is 0 Å². The molecule has 0 saturated heterocycles. The fourth-order valence-electron chi connectivity index (χ4n) is 2.72. The molecule has 0 spiro atoms. The van der Waals surface area contributed by atoms with Gasteiger partial charge in [-0.25, -0.2) is 4.79 Å². The van der Waals surface area contributed by atoms with Crippen LogP contribution >= 0.6 is 0 Å². The number of ether oxygens (including phenoxy) is 2. The molecule has 3 aromatic rings. The number of rotatable bonds is 6. The fraction of sp³-hybridized carbons (Fsp3) is 0.0833. The third-order valence-electron chi connectivity index (χ3n) is 4.29. The van der Waals surface area contributed by atoms with Crippen molar-refractivity contribution in [2.75, 3.05) is 12.4 Å². The normalized spacial score (nSPS) is 11.2. The standard InChI is InChI=1S/C24H18F3NO4/c1-31-23(30)17-5-4-6-19(15-17)32-21-8-3-2-7-20(21)28-22(29)14-11-16-9-12-18(13-10-16)24(25,26)27/h2-15H,1H3,(H,28,29)/b14-11+. The Kier molecular flexibility index (Phi) is 6.94. The number of nitrogens with one attached hydrogen (secondary N) is 1. The van der Waals surface area contributed by atoms with Gasteiger partial charge in [-0.05, 0) is 54.1 Å². The third kappa shape index (κ3) is 5.98. The number of methoxy groups -OCH3 is 1. The Labute approximate surface area is 182 Å². The quantitative estimate of drug-likeness (QED) is 0.380. The maximum Gasteiger partial charge on any atom is 0.416 e. The first kappa shape index (κ1) is 22.6. The average molecular weight is 441 g/mol. The molecular weight excluding hydrogens is 423 g/mol. The van der Waals surface area contributed by atoms with E-state index in [0.29, 0.717) is 28.3 Å². The molecule has 5 nitrogen and oxygen atoms in total. The smallest absolute Gasteiger partial charge is 0.416 e. The van der Waals surface area contributed by atoms with E-state index in [4.69, 9.17) is 4.74 Å². The molecule has 164 valence electrons. The predicted octanol–water partition coefficient (Wildman–Crippen LogP) is 5.94. The van der Waals surface area contributed by atoms with Crippen molar-refractivity contribution in [2.45, 2.75) is 6.18 Å². The Morgan fingerprint density at radius 2 is 1.66 bits per heavy atom. The number of esters is 1. The van der Waals surface area contributed by atoms with Gasteiger partial charge in [0, 0.05) is 6.08 Å². The summed E-state index contributed by atoms with van der Waals surface area (Å²) >= 11 is 0. The molecule has 0 aliphatic carbocycles. The van der Waals surface area contributed by atoms with Crippen LogP contribution in [0.15, 0.2) is 78.9 Å². The summed E-state index contributed by atoms with van der Waals surface area (Å²) in [5.41, 5.74) is 0.364. The van der Waals surface area contributed by atoms with E-state index in [9.17, 15) is 22.8 Å². The number of benzene rings is 3. The molecule has 1 N–H and O–H groups in total. The van der Waals surface area contributed by atoms with Gasteiger partial charge in [-0.2, -0.15) is 13.2 Å². The van der Waals surface area contributed by atoms with Crippen LogP contribution in [-0.2, 0) is 15.7 Å². The van der Waals surface area contributed by atoms with E-state index < -0.39 is 23.6 Å². The fourth-order valence-corrected chi connectivity index (χ4v) is 2.72. The minimum atomic E-state index is -4.42. The number of amides is 1. The van der Waals surface area contributed by atoms with Crippen molar-refractivity contribution in [3.05, 3.63) is 95.6 Å². The van der Waals surface area contributed by atoms with E-state index in [0.717, 1.165) is 12.1 Å². The highest BCUT2D eigenvalue weighted by Gasteiger charge is 2.29. The minimum absolute atomic E-state index is 0.311. The van der Waals surface area contributed by atoms with Crippen molar-refractivity contribution in [1.29, 1.82) is 0 Å². The summed E-state index contributed by atoms with van der Waals surface area (Å²) < 4.78 is 48.4. The first-order chi connectivity index (χ1) is 15.3. The van der Waals surface area contributed by atoms with Gasteiger partial charge in [0.05, 0.1) is 23.9 Å². The highest BCUT2D eigenvalue weighted by Crippen LogP contribution is 2.30. The van der Waals surface area contributed by atoms with Gasteiger partial charge in [0.2, 0.25) is 5.91 Å². The molecule has 0 heterocycles. The zero-order chi connectivity index (χ0) is 23.1. The van der Waals surface area contributed by atoms with Crippen LogP contribution in [0.25, 0.3) is 6.08 Å². The summed E-state index contributed by atoms with van der Waals surface area (Å²) in [5, 5.41) is 2.66. The third-order valence-corrected chi connectivity index (χ3v) is 4.29. The minimum Gasteiger partial charge on any atom is -0.465 e. The maximum atomic E-state index is 12.6. The second kappa shape index (κ2) is 9.82. The number of carbonyl (C=O) groups is 2. The van der Waals surface area contributed by atoms with E-state index in [-0.39, 0.29) is 0 Å². The molecule has 8 heteroatoms. The number of hydrogen-bond donors (Lipinski definition) is 1. The summed E-state index contributed by atoms with van der Waals surface area (Å²) in [5.74, 6) is -0.296. The number of carbonyl (C=O) groups excluding carboxylic acids is 2. The van der Waals surface area contributed by atoms with Crippen LogP contribution in [0.3, 0.4) is 0 Å². The topological polar surface area (TPSA) is 64.6 Å². The molecule has 0 radical (unpaired) electrons. The molecule has 0 unspecified atom stereocenters. The number of anilines is 1. The van der Waals surface area contributed by atoms with Crippen LogP contribution in [0.2, 0.25) is 0 Å². The van der Waals surface area contributed by atoms with Crippen molar-refractivity contribution in [3.63, 3.8) is 0 Å². The molecule has 0 aromatic heterocycles. The van der Waals surface area contributed by atoms with Crippen LogP contribution < -0.4 is 10.1 Å². The zero-order valence-electron chi connectivity index (χ0n) is 16.8. The lowest BCUT2D eigenvalue weighted by atomic mass is 10.1. The van der Waals surface area contributed by atoms with Crippen LogP contribution in [0.4, 0.5) is 18.9 Å². The molecular formula is C24H18F3NO4. The Bertz CT molecular complexity index is 1140. The van der Waals surface area contributed by atoms with Gasteiger partial charge >= 0.3 is 12.1 Å². The molecule has 0 bridgehead atoms. The summed E-state index contributed by atoms with van der Waals surface area (Å²) in [6.45, 7) is 0. The second-order valence-corrected chi connectivity index (χ2v) is 6.56. The van der Waals surface area contributed by atoms with Gasteiger partial charge in [0.1, 0.15) is 5.75 Å². The van der Waals surface area contributed by atoms with E-state index in [1.54, 1.807) is 42.5 Å². The SMILES string of the molecule is COC(=O)c1cccc(Oc2ccccc2NC(=O)/C=C/c2ccc(C(F)(F)F)cc2)c1. The second-order valence-electron chi connectivity index (χ2n) is 6.56. The number of halogens is 3. The summed E-state index contributed by atoms with van der Waals surface area (Å²) in [4.78, 5) is 24.0. The van der Waals surface area contributed by atoms with Gasteiger partial charge < -0.3 is 14.8 Å². The monoisotopic (exact) mass is 441 g/mol. The van der Waals surface area contributed by atoms with Crippen LogP contribution in [-0.4, -0.2) is 19.0 Å². The maximum absolute atomic E-state index is 12.6. The lowest BCUT2D eigenvalue weighted by molar-refractivity contribution is -0.137. The molecule has 0 aliphatic rings. The highest BCUT2D eigenvalue weighted by atomic mass is 19.4. The summed E-state index contributed by atoms with van der Waals surface area (Å²) in [6, 6.07) is 17.5. The number of para-hydroxylation sites is 2. The first-order valence-corrected chi connectivity index (χ1v) is 9.38.